The Balaban J connectivity index is 3.04. The SMILES string of the molecule is C=CNC(=C(OC)C(C)=O)N1CCCC1C. The van der Waals surface area contributed by atoms with E-state index in [2.05, 4.69) is 23.7 Å². The quantitative estimate of drug-likeness (QED) is 0.569. The lowest BCUT2D eigenvalue weighted by Crippen LogP contribution is -2.34. The number of methoxy groups -OCH3 is 1. The van der Waals surface area contributed by atoms with Gasteiger partial charge in [-0.3, -0.25) is 4.79 Å². The lowest BCUT2D eigenvalue weighted by Gasteiger charge is -2.27. The van der Waals surface area contributed by atoms with Crippen molar-refractivity contribution in [1.82, 2.24) is 10.2 Å². The molecule has 1 atom stereocenters. The fourth-order valence-corrected chi connectivity index (χ4v) is 2.05. The average molecular weight is 224 g/mol. The Labute approximate surface area is 97.0 Å². The minimum Gasteiger partial charge on any atom is -0.490 e. The molecule has 0 aromatic carbocycles. The summed E-state index contributed by atoms with van der Waals surface area (Å²) in [6.07, 6.45) is 3.85. The molecule has 90 valence electrons. The highest BCUT2D eigenvalue weighted by molar-refractivity contribution is 5.91. The first-order valence-corrected chi connectivity index (χ1v) is 5.55. The summed E-state index contributed by atoms with van der Waals surface area (Å²) in [6.45, 7) is 8.22. The minimum atomic E-state index is -0.0778. The maximum absolute atomic E-state index is 11.5. The van der Waals surface area contributed by atoms with Crippen molar-refractivity contribution in [1.29, 1.82) is 0 Å². The van der Waals surface area contributed by atoms with E-state index in [4.69, 9.17) is 4.74 Å². The van der Waals surface area contributed by atoms with Gasteiger partial charge < -0.3 is 15.0 Å². The number of carbonyl (C=O) groups is 1. The van der Waals surface area contributed by atoms with Crippen molar-refractivity contribution in [3.8, 4) is 0 Å². The largest absolute Gasteiger partial charge is 0.490 e. The topological polar surface area (TPSA) is 41.6 Å². The molecule has 1 rings (SSSR count). The van der Waals surface area contributed by atoms with Crippen LogP contribution in [0.1, 0.15) is 26.7 Å². The number of carbonyl (C=O) groups excluding carboxylic acids is 1. The average Bonchev–Trinajstić information content (AvgIpc) is 2.63. The van der Waals surface area contributed by atoms with Crippen LogP contribution >= 0.6 is 0 Å². The van der Waals surface area contributed by atoms with Crippen molar-refractivity contribution in [2.45, 2.75) is 32.7 Å². The second-order valence-electron chi connectivity index (χ2n) is 3.97. The molecule has 0 amide bonds. The molecule has 1 heterocycles. The molecule has 16 heavy (non-hydrogen) atoms. The standard InChI is InChI=1S/C12H20N2O2/c1-5-13-12(11(16-4)10(3)15)14-8-6-7-9(14)2/h5,9,13H,1,6-8H2,2-4H3. The van der Waals surface area contributed by atoms with E-state index in [1.54, 1.807) is 6.20 Å². The van der Waals surface area contributed by atoms with E-state index in [1.807, 2.05) is 0 Å². The molecular formula is C12H20N2O2. The Morgan fingerprint density at radius 1 is 1.62 bits per heavy atom. The molecule has 0 aromatic rings. The molecule has 4 heteroatoms. The number of allylic oxidation sites excluding steroid dienone is 1. The van der Waals surface area contributed by atoms with E-state index in [-0.39, 0.29) is 5.78 Å². The zero-order chi connectivity index (χ0) is 12.1. The zero-order valence-electron chi connectivity index (χ0n) is 10.2. The highest BCUT2D eigenvalue weighted by atomic mass is 16.5. The van der Waals surface area contributed by atoms with Gasteiger partial charge >= 0.3 is 0 Å². The van der Waals surface area contributed by atoms with Gasteiger partial charge in [0.15, 0.2) is 11.6 Å². The molecule has 1 unspecified atom stereocenters. The summed E-state index contributed by atoms with van der Waals surface area (Å²) in [4.78, 5) is 13.6. The third-order valence-corrected chi connectivity index (χ3v) is 2.82. The first-order valence-electron chi connectivity index (χ1n) is 5.55. The van der Waals surface area contributed by atoms with Crippen LogP contribution < -0.4 is 5.32 Å². The van der Waals surface area contributed by atoms with Crippen LogP contribution in [0.15, 0.2) is 24.4 Å². The summed E-state index contributed by atoms with van der Waals surface area (Å²) in [5, 5.41) is 3.01. The molecule has 0 aliphatic carbocycles. The fraction of sp³-hybridized carbons (Fsp3) is 0.583. The lowest BCUT2D eigenvalue weighted by atomic mass is 10.2. The molecule has 1 saturated heterocycles. The molecule has 0 radical (unpaired) electrons. The summed E-state index contributed by atoms with van der Waals surface area (Å²) < 4.78 is 5.17. The van der Waals surface area contributed by atoms with E-state index >= 15 is 0 Å². The Kier molecular flexibility index (Phi) is 4.40. The van der Waals surface area contributed by atoms with E-state index in [0.29, 0.717) is 11.8 Å². The molecule has 0 saturated carbocycles. The molecule has 1 fully saturated rings. The highest BCUT2D eigenvalue weighted by Gasteiger charge is 2.26. The van der Waals surface area contributed by atoms with Gasteiger partial charge in [-0.15, -0.1) is 0 Å². The summed E-state index contributed by atoms with van der Waals surface area (Å²) in [6, 6.07) is 0.423. The van der Waals surface area contributed by atoms with Crippen molar-refractivity contribution in [3.63, 3.8) is 0 Å². The number of hydrogen-bond acceptors (Lipinski definition) is 4. The molecule has 0 bridgehead atoms. The summed E-state index contributed by atoms with van der Waals surface area (Å²) in [5.41, 5.74) is 0. The molecule has 0 spiro atoms. The van der Waals surface area contributed by atoms with Gasteiger partial charge in [-0.2, -0.15) is 0 Å². The lowest BCUT2D eigenvalue weighted by molar-refractivity contribution is -0.116. The third-order valence-electron chi connectivity index (χ3n) is 2.82. The number of hydrogen-bond donors (Lipinski definition) is 1. The predicted molar refractivity (Wildman–Crippen MR) is 63.5 cm³/mol. The number of nitrogens with one attached hydrogen (secondary N) is 1. The van der Waals surface area contributed by atoms with E-state index in [1.165, 1.54) is 14.0 Å². The smallest absolute Gasteiger partial charge is 0.202 e. The van der Waals surface area contributed by atoms with Gasteiger partial charge in [0.2, 0.25) is 5.76 Å². The van der Waals surface area contributed by atoms with Gasteiger partial charge in [-0.25, -0.2) is 0 Å². The monoisotopic (exact) mass is 224 g/mol. The minimum absolute atomic E-state index is 0.0778. The predicted octanol–water partition coefficient (Wildman–Crippen LogP) is 1.61. The normalized spacial score (nSPS) is 21.4. The number of ether oxygens (including phenoxy) is 1. The Hall–Kier alpha value is -1.45. The Morgan fingerprint density at radius 2 is 2.31 bits per heavy atom. The number of rotatable bonds is 5. The highest BCUT2D eigenvalue weighted by Crippen LogP contribution is 2.22. The maximum atomic E-state index is 11.5. The third kappa shape index (κ3) is 2.56. The van der Waals surface area contributed by atoms with Crippen LogP contribution in [0.3, 0.4) is 0 Å². The first kappa shape index (κ1) is 12.6. The van der Waals surface area contributed by atoms with Gasteiger partial charge in [-0.1, -0.05) is 6.58 Å². The van der Waals surface area contributed by atoms with Gasteiger partial charge in [-0.05, 0) is 26.0 Å². The van der Waals surface area contributed by atoms with Crippen molar-refractivity contribution < 1.29 is 9.53 Å². The van der Waals surface area contributed by atoms with Crippen LogP contribution in [0.25, 0.3) is 0 Å². The van der Waals surface area contributed by atoms with Gasteiger partial charge in [0.05, 0.1) is 7.11 Å². The maximum Gasteiger partial charge on any atom is 0.202 e. The van der Waals surface area contributed by atoms with Crippen LogP contribution in [-0.4, -0.2) is 30.4 Å². The van der Waals surface area contributed by atoms with Crippen molar-refractivity contribution in [3.05, 3.63) is 24.4 Å². The molecule has 1 N–H and O–H groups in total. The molecule has 0 aromatic heterocycles. The molecular weight excluding hydrogens is 204 g/mol. The van der Waals surface area contributed by atoms with E-state index in [9.17, 15) is 4.79 Å². The fourth-order valence-electron chi connectivity index (χ4n) is 2.05. The van der Waals surface area contributed by atoms with E-state index < -0.39 is 0 Å². The van der Waals surface area contributed by atoms with Gasteiger partial charge in [0, 0.05) is 19.5 Å². The Morgan fingerprint density at radius 3 is 2.69 bits per heavy atom. The van der Waals surface area contributed by atoms with Crippen LogP contribution in [0.4, 0.5) is 0 Å². The van der Waals surface area contributed by atoms with Gasteiger partial charge in [0.25, 0.3) is 0 Å². The number of likely N-dealkylation sites (tertiary alicyclic amines) is 1. The zero-order valence-corrected chi connectivity index (χ0v) is 10.2. The first-order chi connectivity index (χ1) is 7.61. The second-order valence-corrected chi connectivity index (χ2v) is 3.97. The number of nitrogens with zero attached hydrogens (tertiary/aromatic N) is 1. The Bertz CT molecular complexity index is 310. The van der Waals surface area contributed by atoms with Crippen LogP contribution in [0.2, 0.25) is 0 Å². The number of ketones is 1. The summed E-state index contributed by atoms with van der Waals surface area (Å²) in [5.74, 6) is 1.02. The van der Waals surface area contributed by atoms with Crippen LogP contribution in [0.5, 0.6) is 0 Å². The van der Waals surface area contributed by atoms with Crippen molar-refractivity contribution in [2.75, 3.05) is 13.7 Å². The molecule has 4 nitrogen and oxygen atoms in total. The van der Waals surface area contributed by atoms with Crippen molar-refractivity contribution >= 4 is 5.78 Å². The summed E-state index contributed by atoms with van der Waals surface area (Å²) in [7, 11) is 1.52. The van der Waals surface area contributed by atoms with Crippen LogP contribution in [0, 0.1) is 0 Å². The summed E-state index contributed by atoms with van der Waals surface area (Å²) >= 11 is 0. The number of Topliss-reactive ketones (excluding diaryl/α,β-unsaturated/α-hetero) is 1. The van der Waals surface area contributed by atoms with E-state index in [0.717, 1.165) is 25.2 Å². The molecule has 1 aliphatic heterocycles. The van der Waals surface area contributed by atoms with Crippen molar-refractivity contribution in [2.24, 2.45) is 0 Å². The van der Waals surface area contributed by atoms with Gasteiger partial charge in [0.1, 0.15) is 0 Å². The second kappa shape index (κ2) is 5.58. The molecule has 1 aliphatic rings. The van der Waals surface area contributed by atoms with Crippen LogP contribution in [-0.2, 0) is 9.53 Å².